The van der Waals surface area contributed by atoms with Crippen LogP contribution in [0.4, 0.5) is 5.82 Å². The minimum absolute atomic E-state index is 0.115. The maximum Gasteiger partial charge on any atom is 0.156 e. The summed E-state index contributed by atoms with van der Waals surface area (Å²) >= 11 is 0. The van der Waals surface area contributed by atoms with Gasteiger partial charge >= 0.3 is 0 Å². The van der Waals surface area contributed by atoms with Gasteiger partial charge in [0.2, 0.25) is 0 Å². The number of nitrogens with zero attached hydrogens (tertiary/aromatic N) is 2. The summed E-state index contributed by atoms with van der Waals surface area (Å²) in [4.78, 5) is 8.83. The highest BCUT2D eigenvalue weighted by Gasteiger charge is 2.24. The molecule has 0 aliphatic carbocycles. The van der Waals surface area contributed by atoms with E-state index in [4.69, 9.17) is 9.47 Å². The summed E-state index contributed by atoms with van der Waals surface area (Å²) in [7, 11) is 1.64. The van der Waals surface area contributed by atoms with Gasteiger partial charge in [-0.05, 0) is 19.9 Å². The Morgan fingerprint density at radius 3 is 2.95 bits per heavy atom. The molecule has 1 aliphatic rings. The Morgan fingerprint density at radius 1 is 1.29 bits per heavy atom. The van der Waals surface area contributed by atoms with Crippen LogP contribution >= 0.6 is 0 Å². The molecule has 2 heterocycles. The number of hydrogen-bond donors (Lipinski definition) is 1. The Hall–Kier alpha value is -2.14. The summed E-state index contributed by atoms with van der Waals surface area (Å²) in [5.74, 6) is 2.43. The Labute approximate surface area is 124 Å². The predicted molar refractivity (Wildman–Crippen MR) is 80.5 cm³/mol. The van der Waals surface area contributed by atoms with Crippen molar-refractivity contribution in [3.05, 3.63) is 46.9 Å². The van der Waals surface area contributed by atoms with Crippen LogP contribution in [-0.4, -0.2) is 23.7 Å². The van der Waals surface area contributed by atoms with Crippen LogP contribution in [-0.2, 0) is 11.3 Å². The molecule has 1 N–H and O–H groups in total. The van der Waals surface area contributed by atoms with Crippen LogP contribution in [0.2, 0.25) is 0 Å². The van der Waals surface area contributed by atoms with Crippen molar-refractivity contribution < 1.29 is 9.47 Å². The highest BCUT2D eigenvalue weighted by molar-refractivity contribution is 5.48. The molecular weight excluding hydrogens is 266 g/mol. The minimum atomic E-state index is 0.115. The summed E-state index contributed by atoms with van der Waals surface area (Å²) in [6, 6.07) is 8.29. The van der Waals surface area contributed by atoms with E-state index >= 15 is 0 Å². The number of benzene rings is 1. The number of aryl methyl sites for hydroxylation is 2. The molecule has 2 aromatic rings. The second kappa shape index (κ2) is 5.69. The smallest absolute Gasteiger partial charge is 0.156 e. The van der Waals surface area contributed by atoms with Crippen LogP contribution in [0.3, 0.4) is 0 Å². The van der Waals surface area contributed by atoms with E-state index in [0.717, 1.165) is 17.3 Å². The molecule has 0 unspecified atom stereocenters. The van der Waals surface area contributed by atoms with Gasteiger partial charge in [-0.2, -0.15) is 0 Å². The number of nitrogens with one attached hydrogen (secondary N) is 1. The van der Waals surface area contributed by atoms with Crippen molar-refractivity contribution in [3.63, 3.8) is 0 Å². The van der Waals surface area contributed by atoms with Crippen LogP contribution in [0.5, 0.6) is 5.75 Å². The third kappa shape index (κ3) is 2.97. The number of methoxy groups -OCH3 is 1. The van der Waals surface area contributed by atoms with Gasteiger partial charge in [0, 0.05) is 24.4 Å². The molecular formula is C16H19N3O2. The van der Waals surface area contributed by atoms with Gasteiger partial charge in [-0.1, -0.05) is 17.7 Å². The van der Waals surface area contributed by atoms with Crippen LogP contribution < -0.4 is 10.1 Å². The summed E-state index contributed by atoms with van der Waals surface area (Å²) < 4.78 is 10.8. The SMILES string of the molecule is COCc1nc(C)cc(N[C@H]2COc3ccc(C)cc32)n1. The molecule has 21 heavy (non-hydrogen) atoms. The van der Waals surface area contributed by atoms with Crippen LogP contribution in [0.25, 0.3) is 0 Å². The second-order valence-electron chi connectivity index (χ2n) is 5.29. The highest BCUT2D eigenvalue weighted by atomic mass is 16.5. The molecule has 0 saturated heterocycles. The zero-order valence-electron chi connectivity index (χ0n) is 12.5. The summed E-state index contributed by atoms with van der Waals surface area (Å²) in [5, 5.41) is 3.43. The van der Waals surface area contributed by atoms with E-state index in [1.54, 1.807) is 7.11 Å². The number of ether oxygens (including phenoxy) is 2. The topological polar surface area (TPSA) is 56.3 Å². The fraction of sp³-hybridized carbons (Fsp3) is 0.375. The molecule has 0 saturated carbocycles. The van der Waals surface area contributed by atoms with Crippen LogP contribution in [0.1, 0.15) is 28.7 Å². The molecule has 5 nitrogen and oxygen atoms in total. The lowest BCUT2D eigenvalue weighted by atomic mass is 10.1. The van der Waals surface area contributed by atoms with E-state index in [1.165, 1.54) is 11.1 Å². The van der Waals surface area contributed by atoms with Crippen molar-refractivity contribution in [2.75, 3.05) is 19.0 Å². The first kappa shape index (κ1) is 13.8. The summed E-state index contributed by atoms with van der Waals surface area (Å²) in [6.07, 6.45) is 0. The van der Waals surface area contributed by atoms with Crippen LogP contribution in [0.15, 0.2) is 24.3 Å². The molecule has 110 valence electrons. The Bertz CT molecular complexity index is 658. The zero-order valence-corrected chi connectivity index (χ0v) is 12.5. The van der Waals surface area contributed by atoms with Gasteiger partial charge in [-0.25, -0.2) is 9.97 Å². The molecule has 1 aromatic heterocycles. The minimum Gasteiger partial charge on any atom is -0.491 e. The fourth-order valence-corrected chi connectivity index (χ4v) is 2.53. The van der Waals surface area contributed by atoms with Crippen molar-refractivity contribution in [2.24, 2.45) is 0 Å². The van der Waals surface area contributed by atoms with Gasteiger partial charge in [0.05, 0.1) is 6.04 Å². The fourth-order valence-electron chi connectivity index (χ4n) is 2.53. The van der Waals surface area contributed by atoms with E-state index < -0.39 is 0 Å². The normalized spacial score (nSPS) is 16.4. The first-order chi connectivity index (χ1) is 10.2. The van der Waals surface area contributed by atoms with Crippen molar-refractivity contribution >= 4 is 5.82 Å². The third-order valence-electron chi connectivity index (χ3n) is 3.44. The number of aromatic nitrogens is 2. The molecule has 3 rings (SSSR count). The van der Waals surface area contributed by atoms with E-state index in [2.05, 4.69) is 34.3 Å². The van der Waals surface area contributed by atoms with Crippen molar-refractivity contribution in [2.45, 2.75) is 26.5 Å². The van der Waals surface area contributed by atoms with Gasteiger partial charge < -0.3 is 14.8 Å². The van der Waals surface area contributed by atoms with Crippen molar-refractivity contribution in [1.82, 2.24) is 9.97 Å². The Morgan fingerprint density at radius 2 is 2.14 bits per heavy atom. The van der Waals surface area contributed by atoms with Crippen LogP contribution in [0, 0.1) is 13.8 Å². The largest absolute Gasteiger partial charge is 0.491 e. The summed E-state index contributed by atoms with van der Waals surface area (Å²) in [5.41, 5.74) is 3.33. The highest BCUT2D eigenvalue weighted by Crippen LogP contribution is 2.34. The molecule has 1 aromatic carbocycles. The zero-order chi connectivity index (χ0) is 14.8. The maximum atomic E-state index is 5.72. The van der Waals surface area contributed by atoms with E-state index in [1.807, 2.05) is 19.1 Å². The molecule has 0 radical (unpaired) electrons. The molecule has 1 atom stereocenters. The predicted octanol–water partition coefficient (Wildman–Crippen LogP) is 2.79. The van der Waals surface area contributed by atoms with E-state index in [-0.39, 0.29) is 6.04 Å². The monoisotopic (exact) mass is 285 g/mol. The van der Waals surface area contributed by atoms with E-state index in [9.17, 15) is 0 Å². The molecule has 5 heteroatoms. The van der Waals surface area contributed by atoms with Crippen molar-refractivity contribution in [3.8, 4) is 5.75 Å². The average molecular weight is 285 g/mol. The molecule has 1 aliphatic heterocycles. The quantitative estimate of drug-likeness (QED) is 0.936. The molecule has 0 fully saturated rings. The maximum absolute atomic E-state index is 5.72. The lowest BCUT2D eigenvalue weighted by Crippen LogP contribution is -2.14. The number of rotatable bonds is 4. The summed E-state index contributed by atoms with van der Waals surface area (Å²) in [6.45, 7) is 5.06. The molecule has 0 bridgehead atoms. The third-order valence-corrected chi connectivity index (χ3v) is 3.44. The second-order valence-corrected chi connectivity index (χ2v) is 5.29. The standard InChI is InChI=1S/C16H19N3O2/c1-10-4-5-14-12(6-10)13(8-21-14)18-15-7-11(2)17-16(19-15)9-20-3/h4-7,13H,8-9H2,1-3H3,(H,17,18,19)/t13-/m0/s1. The van der Waals surface area contributed by atoms with Gasteiger partial charge in [0.15, 0.2) is 5.82 Å². The van der Waals surface area contributed by atoms with Gasteiger partial charge in [-0.3, -0.25) is 0 Å². The number of hydrogen-bond acceptors (Lipinski definition) is 5. The van der Waals surface area contributed by atoms with Gasteiger partial charge in [0.1, 0.15) is 24.8 Å². The van der Waals surface area contributed by atoms with Gasteiger partial charge in [-0.15, -0.1) is 0 Å². The number of fused-ring (bicyclic) bond motifs is 1. The Balaban J connectivity index is 1.84. The molecule has 0 amide bonds. The lowest BCUT2D eigenvalue weighted by molar-refractivity contribution is 0.177. The Kier molecular flexibility index (Phi) is 3.75. The van der Waals surface area contributed by atoms with E-state index in [0.29, 0.717) is 19.0 Å². The lowest BCUT2D eigenvalue weighted by Gasteiger charge is -2.14. The van der Waals surface area contributed by atoms with Crippen molar-refractivity contribution in [1.29, 1.82) is 0 Å². The number of anilines is 1. The average Bonchev–Trinajstić information content (AvgIpc) is 2.81. The first-order valence-corrected chi connectivity index (χ1v) is 6.99. The first-order valence-electron chi connectivity index (χ1n) is 6.99. The molecule has 0 spiro atoms. The van der Waals surface area contributed by atoms with Gasteiger partial charge in [0.25, 0.3) is 0 Å².